The average Bonchev–Trinajstić information content (AvgIpc) is 3.46. The number of nitrogens with two attached hydrogens (primary N) is 1. The Kier molecular flexibility index (Phi) is 10.7. The molecule has 3 heterocycles. The third kappa shape index (κ3) is 8.52. The van der Waals surface area contributed by atoms with Crippen molar-refractivity contribution in [2.45, 2.75) is 32.2 Å². The number of hydrogen-bond acceptors (Lipinski definition) is 11. The zero-order chi connectivity index (χ0) is 32.2. The van der Waals surface area contributed by atoms with Gasteiger partial charge < -0.3 is 24.5 Å². The maximum absolute atomic E-state index is 13.3. The van der Waals surface area contributed by atoms with Crippen LogP contribution in [0.5, 0.6) is 0 Å². The number of sulfonamides is 1. The van der Waals surface area contributed by atoms with Crippen LogP contribution in [0.25, 0.3) is 11.5 Å². The van der Waals surface area contributed by atoms with Gasteiger partial charge in [0.05, 0.1) is 42.2 Å². The molecule has 0 bridgehead atoms. The molecule has 1 saturated carbocycles. The van der Waals surface area contributed by atoms with Gasteiger partial charge in [-0.2, -0.15) is 0 Å². The van der Waals surface area contributed by atoms with Gasteiger partial charge in [-0.15, -0.1) is 10.2 Å². The van der Waals surface area contributed by atoms with Crippen LogP contribution in [0.2, 0.25) is 5.02 Å². The molecule has 12 nitrogen and oxygen atoms in total. The lowest BCUT2D eigenvalue weighted by molar-refractivity contribution is 0.0395. The SMILES string of the molecule is COCCN(CC1CC1C)c1cc(-c2nnc([C@](C)(N)Cc3ccccc3)o2)c(Cl)c(N(CCN2CCOCC2)S(C)(=O)=O)n1. The topological polar surface area (TPSA) is 140 Å². The molecule has 1 aromatic carbocycles. The Morgan fingerprint density at radius 1 is 1.18 bits per heavy atom. The molecule has 1 aliphatic carbocycles. The van der Waals surface area contributed by atoms with Crippen molar-refractivity contribution >= 4 is 33.3 Å². The van der Waals surface area contributed by atoms with Crippen molar-refractivity contribution in [2.75, 3.05) is 81.7 Å². The second-order valence-electron chi connectivity index (χ2n) is 12.4. The normalized spacial score (nSPS) is 20.1. The average molecular weight is 662 g/mol. The van der Waals surface area contributed by atoms with Gasteiger partial charge in [0, 0.05) is 46.4 Å². The first-order chi connectivity index (χ1) is 21.5. The lowest BCUT2D eigenvalue weighted by Crippen LogP contribution is -2.43. The molecule has 1 aliphatic heterocycles. The summed E-state index contributed by atoms with van der Waals surface area (Å²) >= 11 is 7.04. The van der Waals surface area contributed by atoms with E-state index in [1.54, 1.807) is 13.2 Å². The lowest BCUT2D eigenvalue weighted by atomic mass is 9.94. The summed E-state index contributed by atoms with van der Waals surface area (Å²) in [6, 6.07) is 11.6. The van der Waals surface area contributed by atoms with E-state index in [-0.39, 0.29) is 29.2 Å². The van der Waals surface area contributed by atoms with E-state index in [0.717, 1.165) is 31.6 Å². The van der Waals surface area contributed by atoms with Crippen LogP contribution in [0, 0.1) is 11.8 Å². The highest BCUT2D eigenvalue weighted by atomic mass is 35.5. The third-order valence-electron chi connectivity index (χ3n) is 8.46. The van der Waals surface area contributed by atoms with Crippen LogP contribution >= 0.6 is 11.6 Å². The number of nitrogens with zero attached hydrogens (tertiary/aromatic N) is 6. The monoisotopic (exact) mass is 661 g/mol. The van der Waals surface area contributed by atoms with Crippen LogP contribution in [-0.4, -0.2) is 101 Å². The van der Waals surface area contributed by atoms with Gasteiger partial charge in [-0.1, -0.05) is 48.9 Å². The molecule has 3 aromatic rings. The molecule has 14 heteroatoms. The minimum absolute atomic E-state index is 0.106. The molecular weight excluding hydrogens is 618 g/mol. The van der Waals surface area contributed by atoms with Crippen molar-refractivity contribution in [1.82, 2.24) is 20.1 Å². The van der Waals surface area contributed by atoms with Crippen molar-refractivity contribution in [3.05, 3.63) is 52.9 Å². The van der Waals surface area contributed by atoms with Crippen molar-refractivity contribution in [3.8, 4) is 11.5 Å². The molecule has 2 aliphatic rings. The van der Waals surface area contributed by atoms with Gasteiger partial charge in [-0.25, -0.2) is 13.4 Å². The highest BCUT2D eigenvalue weighted by Gasteiger charge is 2.36. The standard InChI is InChI=1S/C31H44ClN7O5S/c1-22-18-24(22)21-38(14-15-42-3)26-19-25(29-35-36-30(44-29)31(2,33)20-23-8-6-5-7-9-23)27(32)28(34-26)39(45(4,40)41)11-10-37-12-16-43-17-13-37/h5-9,19,22,24H,10-18,20-21,33H2,1-4H3/t22?,24?,31-/m1/s1. The smallest absolute Gasteiger partial charge is 0.249 e. The number of methoxy groups -OCH3 is 1. The molecule has 45 heavy (non-hydrogen) atoms. The first-order valence-electron chi connectivity index (χ1n) is 15.4. The van der Waals surface area contributed by atoms with Crippen LogP contribution in [0.4, 0.5) is 11.6 Å². The lowest BCUT2D eigenvalue weighted by Gasteiger charge is -2.31. The first kappa shape index (κ1) is 33.6. The Bertz CT molecular complexity index is 1530. The quantitative estimate of drug-likeness (QED) is 0.256. The molecule has 0 radical (unpaired) electrons. The van der Waals surface area contributed by atoms with Crippen molar-refractivity contribution in [3.63, 3.8) is 0 Å². The molecule has 0 spiro atoms. The number of hydrogen-bond donors (Lipinski definition) is 1. The van der Waals surface area contributed by atoms with Crippen molar-refractivity contribution in [1.29, 1.82) is 0 Å². The largest absolute Gasteiger partial charge is 0.419 e. The van der Waals surface area contributed by atoms with E-state index in [0.29, 0.717) is 62.5 Å². The number of rotatable bonds is 15. The second kappa shape index (κ2) is 14.3. The number of anilines is 2. The predicted molar refractivity (Wildman–Crippen MR) is 175 cm³/mol. The van der Waals surface area contributed by atoms with E-state index < -0.39 is 15.6 Å². The Balaban J connectivity index is 1.55. The maximum atomic E-state index is 13.3. The Hall–Kier alpha value is -2.81. The Morgan fingerprint density at radius 3 is 2.53 bits per heavy atom. The highest BCUT2D eigenvalue weighted by molar-refractivity contribution is 7.92. The van der Waals surface area contributed by atoms with E-state index in [2.05, 4.69) is 26.9 Å². The van der Waals surface area contributed by atoms with Gasteiger partial charge in [-0.05, 0) is 43.2 Å². The van der Waals surface area contributed by atoms with Crippen LogP contribution in [0.1, 0.15) is 31.7 Å². The van der Waals surface area contributed by atoms with E-state index in [1.807, 2.05) is 37.3 Å². The van der Waals surface area contributed by atoms with Gasteiger partial charge in [0.15, 0.2) is 5.82 Å². The van der Waals surface area contributed by atoms with E-state index >= 15 is 0 Å². The molecule has 3 atom stereocenters. The van der Waals surface area contributed by atoms with Gasteiger partial charge >= 0.3 is 0 Å². The summed E-state index contributed by atoms with van der Waals surface area (Å²) in [7, 11) is -2.12. The minimum Gasteiger partial charge on any atom is -0.419 e. The minimum atomic E-state index is -3.77. The zero-order valence-corrected chi connectivity index (χ0v) is 28.1. The molecule has 5 rings (SSSR count). The van der Waals surface area contributed by atoms with Crippen molar-refractivity contribution in [2.24, 2.45) is 17.6 Å². The summed E-state index contributed by atoms with van der Waals surface area (Å²) < 4.78 is 44.9. The number of pyridine rings is 1. The van der Waals surface area contributed by atoms with Crippen LogP contribution < -0.4 is 14.9 Å². The number of morpholine rings is 1. The molecule has 2 N–H and O–H groups in total. The molecule has 2 unspecified atom stereocenters. The van der Waals surface area contributed by atoms with E-state index in [1.165, 1.54) is 10.6 Å². The van der Waals surface area contributed by atoms with Crippen LogP contribution in [0.3, 0.4) is 0 Å². The summed E-state index contributed by atoms with van der Waals surface area (Å²) in [5.74, 6) is 2.16. The first-order valence-corrected chi connectivity index (χ1v) is 17.6. The van der Waals surface area contributed by atoms with E-state index in [4.69, 9.17) is 36.2 Å². The van der Waals surface area contributed by atoms with Crippen molar-refractivity contribution < 1.29 is 22.3 Å². The number of halogens is 1. The van der Waals surface area contributed by atoms with Crippen LogP contribution in [0.15, 0.2) is 40.8 Å². The van der Waals surface area contributed by atoms with Gasteiger partial charge in [0.2, 0.25) is 21.8 Å². The molecular formula is C31H44ClN7O5S. The Labute approximate surface area is 270 Å². The Morgan fingerprint density at radius 2 is 1.89 bits per heavy atom. The number of benzene rings is 1. The molecule has 246 valence electrons. The number of aromatic nitrogens is 3. The fourth-order valence-electron chi connectivity index (χ4n) is 5.57. The van der Waals surface area contributed by atoms with E-state index in [9.17, 15) is 8.42 Å². The second-order valence-corrected chi connectivity index (χ2v) is 14.6. The summed E-state index contributed by atoms with van der Waals surface area (Å²) in [6.45, 7) is 9.16. The zero-order valence-electron chi connectivity index (χ0n) is 26.5. The molecule has 2 fully saturated rings. The molecule has 0 amide bonds. The number of ether oxygens (including phenoxy) is 2. The van der Waals surface area contributed by atoms with Gasteiger partial charge in [-0.3, -0.25) is 9.21 Å². The summed E-state index contributed by atoms with van der Waals surface area (Å²) in [5, 5.41) is 8.76. The summed E-state index contributed by atoms with van der Waals surface area (Å²) in [4.78, 5) is 9.17. The fraction of sp³-hybridized carbons (Fsp3) is 0.581. The summed E-state index contributed by atoms with van der Waals surface area (Å²) in [6.07, 6.45) is 2.76. The molecule has 2 aromatic heterocycles. The maximum Gasteiger partial charge on any atom is 0.249 e. The predicted octanol–water partition coefficient (Wildman–Crippen LogP) is 3.41. The van der Waals surface area contributed by atoms with Gasteiger partial charge in [0.25, 0.3) is 0 Å². The fourth-order valence-corrected chi connectivity index (χ4v) is 6.76. The van der Waals surface area contributed by atoms with Crippen LogP contribution in [-0.2, 0) is 31.5 Å². The third-order valence-corrected chi connectivity index (χ3v) is 9.99. The molecule has 1 saturated heterocycles. The van der Waals surface area contributed by atoms with Gasteiger partial charge in [0.1, 0.15) is 5.82 Å². The highest BCUT2D eigenvalue weighted by Crippen LogP contribution is 2.42. The summed E-state index contributed by atoms with van der Waals surface area (Å²) in [5.41, 5.74) is 7.15.